The van der Waals surface area contributed by atoms with Gasteiger partial charge < -0.3 is 10.1 Å². The minimum absolute atomic E-state index is 0.112. The summed E-state index contributed by atoms with van der Waals surface area (Å²) in [6.07, 6.45) is 4.55. The molecule has 0 saturated heterocycles. The van der Waals surface area contributed by atoms with Crippen molar-refractivity contribution < 1.29 is 9.13 Å². The van der Waals surface area contributed by atoms with E-state index in [9.17, 15) is 4.39 Å². The van der Waals surface area contributed by atoms with E-state index >= 15 is 0 Å². The monoisotopic (exact) mass is 293 g/mol. The smallest absolute Gasteiger partial charge is 0.126 e. The fourth-order valence-corrected chi connectivity index (χ4v) is 3.07. The highest BCUT2D eigenvalue weighted by Gasteiger charge is 2.36. The molecule has 0 radical (unpaired) electrons. The van der Waals surface area contributed by atoms with E-state index in [-0.39, 0.29) is 17.3 Å². The normalized spacial score (nSPS) is 24.8. The third kappa shape index (κ3) is 4.44. The van der Waals surface area contributed by atoms with Gasteiger partial charge in [-0.15, -0.1) is 0 Å². The maximum Gasteiger partial charge on any atom is 0.126 e. The Morgan fingerprint density at radius 1 is 1.38 bits per heavy atom. The van der Waals surface area contributed by atoms with Crippen molar-refractivity contribution in [1.29, 1.82) is 0 Å². The predicted octanol–water partition coefficient (Wildman–Crippen LogP) is 4.46. The van der Waals surface area contributed by atoms with Gasteiger partial charge in [-0.05, 0) is 56.2 Å². The van der Waals surface area contributed by atoms with E-state index in [1.807, 2.05) is 6.92 Å². The molecule has 1 aliphatic carbocycles. The van der Waals surface area contributed by atoms with Crippen molar-refractivity contribution in [3.8, 4) is 5.75 Å². The third-order valence-corrected chi connectivity index (χ3v) is 4.42. The Morgan fingerprint density at radius 3 is 2.86 bits per heavy atom. The molecule has 0 bridgehead atoms. The topological polar surface area (TPSA) is 21.3 Å². The Bertz CT molecular complexity index is 472. The van der Waals surface area contributed by atoms with E-state index in [1.165, 1.54) is 18.6 Å². The molecule has 0 heterocycles. The number of aryl methyl sites for hydroxylation is 1. The molecule has 3 heteroatoms. The zero-order chi connectivity index (χ0) is 15.5. The van der Waals surface area contributed by atoms with Crippen molar-refractivity contribution in [2.24, 2.45) is 5.41 Å². The van der Waals surface area contributed by atoms with Crippen LogP contribution in [0, 0.1) is 18.2 Å². The Kier molecular flexibility index (Phi) is 5.26. The van der Waals surface area contributed by atoms with E-state index in [1.54, 1.807) is 6.07 Å². The number of hydrogen-bond acceptors (Lipinski definition) is 2. The summed E-state index contributed by atoms with van der Waals surface area (Å²) in [5.74, 6) is 0.449. The minimum atomic E-state index is -0.233. The van der Waals surface area contributed by atoms with Gasteiger partial charge in [0.1, 0.15) is 17.7 Å². The highest BCUT2D eigenvalue weighted by atomic mass is 19.1. The highest BCUT2D eigenvalue weighted by Crippen LogP contribution is 2.37. The molecule has 1 N–H and O–H groups in total. The van der Waals surface area contributed by atoms with Crippen LogP contribution in [0.5, 0.6) is 5.75 Å². The van der Waals surface area contributed by atoms with Gasteiger partial charge >= 0.3 is 0 Å². The first kappa shape index (κ1) is 16.3. The highest BCUT2D eigenvalue weighted by molar-refractivity contribution is 5.33. The molecule has 1 aromatic rings. The molecular weight excluding hydrogens is 265 g/mol. The lowest BCUT2D eigenvalue weighted by molar-refractivity contribution is 0.0524. The fraction of sp³-hybridized carbons (Fsp3) is 0.667. The molecule has 0 aromatic heterocycles. The van der Waals surface area contributed by atoms with Gasteiger partial charge in [0, 0.05) is 12.1 Å². The number of halogens is 1. The van der Waals surface area contributed by atoms with Crippen LogP contribution in [0.2, 0.25) is 0 Å². The van der Waals surface area contributed by atoms with Crippen LogP contribution >= 0.6 is 0 Å². The van der Waals surface area contributed by atoms with Crippen LogP contribution < -0.4 is 10.1 Å². The van der Waals surface area contributed by atoms with Crippen molar-refractivity contribution in [1.82, 2.24) is 5.32 Å². The van der Waals surface area contributed by atoms with Crippen molar-refractivity contribution in [3.05, 3.63) is 29.6 Å². The first-order chi connectivity index (χ1) is 9.91. The lowest BCUT2D eigenvalue weighted by atomic mass is 9.74. The van der Waals surface area contributed by atoms with E-state index in [2.05, 4.69) is 26.1 Å². The Morgan fingerprint density at radius 2 is 2.14 bits per heavy atom. The number of rotatable bonds is 5. The molecule has 118 valence electrons. The van der Waals surface area contributed by atoms with Gasteiger partial charge in [0.05, 0.1) is 0 Å². The second-order valence-electron chi connectivity index (χ2n) is 7.03. The number of ether oxygens (including phenoxy) is 1. The number of benzene rings is 1. The number of hydrogen-bond donors (Lipinski definition) is 1. The van der Waals surface area contributed by atoms with E-state index in [0.717, 1.165) is 31.4 Å². The summed E-state index contributed by atoms with van der Waals surface area (Å²) >= 11 is 0. The van der Waals surface area contributed by atoms with Gasteiger partial charge in [-0.1, -0.05) is 26.8 Å². The van der Waals surface area contributed by atoms with Gasteiger partial charge in [-0.2, -0.15) is 0 Å². The summed E-state index contributed by atoms with van der Waals surface area (Å²) in [7, 11) is 0. The van der Waals surface area contributed by atoms with Crippen LogP contribution in [0.3, 0.4) is 0 Å². The molecule has 2 rings (SSSR count). The first-order valence-corrected chi connectivity index (χ1v) is 8.07. The van der Waals surface area contributed by atoms with Crippen LogP contribution in [-0.2, 0) is 0 Å². The molecule has 1 fully saturated rings. The Hall–Kier alpha value is -1.09. The average Bonchev–Trinajstić information content (AvgIpc) is 2.41. The maximum atomic E-state index is 13.5. The van der Waals surface area contributed by atoms with Gasteiger partial charge in [-0.25, -0.2) is 4.39 Å². The summed E-state index contributed by atoms with van der Waals surface area (Å²) in [4.78, 5) is 0. The van der Waals surface area contributed by atoms with Gasteiger partial charge in [0.25, 0.3) is 0 Å². The first-order valence-electron chi connectivity index (χ1n) is 8.07. The van der Waals surface area contributed by atoms with Crippen LogP contribution in [0.25, 0.3) is 0 Å². The standard InChI is InChI=1S/C18H28FNO/c1-5-10-20-15-8-9-18(3,4)12-17(15)21-16-11-14(19)7-6-13(16)2/h6-7,11,15,17,20H,5,8-10,12H2,1-4H3. The van der Waals surface area contributed by atoms with Crippen LogP contribution in [0.4, 0.5) is 4.39 Å². The summed E-state index contributed by atoms with van der Waals surface area (Å²) in [6, 6.07) is 5.14. The van der Waals surface area contributed by atoms with Gasteiger partial charge in [-0.3, -0.25) is 0 Å². The van der Waals surface area contributed by atoms with Crippen molar-refractivity contribution in [2.45, 2.75) is 65.5 Å². The third-order valence-electron chi connectivity index (χ3n) is 4.42. The summed E-state index contributed by atoms with van der Waals surface area (Å²) in [5.41, 5.74) is 1.28. The molecule has 1 aromatic carbocycles. The Balaban J connectivity index is 2.13. The van der Waals surface area contributed by atoms with Gasteiger partial charge in [0.15, 0.2) is 0 Å². The van der Waals surface area contributed by atoms with Crippen LogP contribution in [-0.4, -0.2) is 18.7 Å². The SMILES string of the molecule is CCCNC1CCC(C)(C)CC1Oc1cc(F)ccc1C. The van der Waals surface area contributed by atoms with E-state index in [0.29, 0.717) is 11.8 Å². The minimum Gasteiger partial charge on any atom is -0.488 e. The zero-order valence-electron chi connectivity index (χ0n) is 13.7. The van der Waals surface area contributed by atoms with Crippen molar-refractivity contribution >= 4 is 0 Å². The van der Waals surface area contributed by atoms with E-state index in [4.69, 9.17) is 4.74 Å². The van der Waals surface area contributed by atoms with E-state index < -0.39 is 0 Å². The van der Waals surface area contributed by atoms with Crippen molar-refractivity contribution in [2.75, 3.05) is 6.54 Å². The summed E-state index contributed by atoms with van der Waals surface area (Å²) < 4.78 is 19.7. The average molecular weight is 293 g/mol. The molecule has 0 aliphatic heterocycles. The van der Waals surface area contributed by atoms with Crippen LogP contribution in [0.1, 0.15) is 52.0 Å². The molecule has 0 spiro atoms. The quantitative estimate of drug-likeness (QED) is 0.865. The molecule has 1 saturated carbocycles. The van der Waals surface area contributed by atoms with Gasteiger partial charge in [0.2, 0.25) is 0 Å². The number of nitrogens with one attached hydrogen (secondary N) is 1. The molecule has 1 aliphatic rings. The molecule has 0 amide bonds. The lowest BCUT2D eigenvalue weighted by Crippen LogP contribution is -2.49. The molecule has 2 nitrogen and oxygen atoms in total. The largest absolute Gasteiger partial charge is 0.488 e. The summed E-state index contributed by atoms with van der Waals surface area (Å²) in [6.45, 7) is 9.73. The van der Waals surface area contributed by atoms with Crippen LogP contribution in [0.15, 0.2) is 18.2 Å². The maximum absolute atomic E-state index is 13.5. The molecular formula is C18H28FNO. The zero-order valence-corrected chi connectivity index (χ0v) is 13.7. The lowest BCUT2D eigenvalue weighted by Gasteiger charge is -2.41. The second kappa shape index (κ2) is 6.78. The second-order valence-corrected chi connectivity index (χ2v) is 7.03. The molecule has 2 atom stereocenters. The molecule has 2 unspecified atom stereocenters. The van der Waals surface area contributed by atoms with Crippen molar-refractivity contribution in [3.63, 3.8) is 0 Å². The fourth-order valence-electron chi connectivity index (χ4n) is 3.07. The molecule has 21 heavy (non-hydrogen) atoms. The predicted molar refractivity (Wildman–Crippen MR) is 85.3 cm³/mol. The Labute approximate surface area is 128 Å². The summed E-state index contributed by atoms with van der Waals surface area (Å²) in [5, 5.41) is 3.59.